The van der Waals surface area contributed by atoms with Crippen molar-refractivity contribution in [3.63, 3.8) is 0 Å². The Morgan fingerprint density at radius 1 is 0.865 bits per heavy atom. The van der Waals surface area contributed by atoms with Crippen LogP contribution in [0.4, 0.5) is 0 Å². The Kier molecular flexibility index (Phi) is 9.56. The van der Waals surface area contributed by atoms with Gasteiger partial charge in [-0.1, -0.05) is 42.5 Å². The van der Waals surface area contributed by atoms with Crippen molar-refractivity contribution in [1.29, 1.82) is 0 Å². The fourth-order valence-corrected chi connectivity index (χ4v) is 4.68. The summed E-state index contributed by atoms with van der Waals surface area (Å²) in [7, 11) is 3.30. The van der Waals surface area contributed by atoms with E-state index < -0.39 is 5.97 Å². The van der Waals surface area contributed by atoms with E-state index in [1.807, 2.05) is 30.3 Å². The minimum absolute atomic E-state index is 0. The Labute approximate surface area is 224 Å². The fourth-order valence-electron chi connectivity index (χ4n) is 4.68. The smallest absolute Gasteiger partial charge is 0.303 e. The van der Waals surface area contributed by atoms with E-state index in [2.05, 4.69) is 67.7 Å². The molecule has 0 aliphatic rings. The molecule has 4 aromatic carbocycles. The largest absolute Gasteiger partial charge is 0.497 e. The number of ether oxygens (including phenoxy) is 2. The van der Waals surface area contributed by atoms with E-state index in [9.17, 15) is 9.90 Å². The lowest BCUT2D eigenvalue weighted by Crippen LogP contribution is -2.22. The number of hydrogen-bond acceptors (Lipinski definition) is 4. The molecule has 0 amide bonds. The molecule has 0 saturated heterocycles. The minimum atomic E-state index is -0.819. The maximum absolute atomic E-state index is 11.2. The Balaban J connectivity index is 0.00000380. The van der Waals surface area contributed by atoms with E-state index in [1.54, 1.807) is 14.2 Å². The van der Waals surface area contributed by atoms with Crippen molar-refractivity contribution in [2.45, 2.75) is 38.8 Å². The number of rotatable bonds is 10. The summed E-state index contributed by atoms with van der Waals surface area (Å²) in [5.41, 5.74) is 5.40. The Bertz CT molecular complexity index is 1370. The van der Waals surface area contributed by atoms with Gasteiger partial charge in [0.15, 0.2) is 0 Å². The summed E-state index contributed by atoms with van der Waals surface area (Å²) in [6.07, 6.45) is 0.476. The predicted octanol–water partition coefficient (Wildman–Crippen LogP) is 7.37. The van der Waals surface area contributed by atoms with Crippen molar-refractivity contribution >= 4 is 29.1 Å². The van der Waals surface area contributed by atoms with Gasteiger partial charge in [0, 0.05) is 18.5 Å². The van der Waals surface area contributed by atoms with Crippen LogP contribution in [0.3, 0.4) is 0 Å². The third-order valence-corrected chi connectivity index (χ3v) is 6.68. The van der Waals surface area contributed by atoms with Crippen LogP contribution in [0.5, 0.6) is 11.5 Å². The van der Waals surface area contributed by atoms with Crippen LogP contribution in [-0.4, -0.2) is 25.3 Å². The topological polar surface area (TPSA) is 67.8 Å². The van der Waals surface area contributed by atoms with Gasteiger partial charge in [0.05, 0.1) is 14.2 Å². The number of aliphatic carboxylic acids is 1. The van der Waals surface area contributed by atoms with Crippen LogP contribution < -0.4 is 14.8 Å². The van der Waals surface area contributed by atoms with Crippen LogP contribution in [0.1, 0.15) is 49.0 Å². The second-order valence-corrected chi connectivity index (χ2v) is 9.10. The lowest BCUT2D eigenvalue weighted by molar-refractivity contribution is -0.136. The van der Waals surface area contributed by atoms with Crippen molar-refractivity contribution in [3.05, 3.63) is 95.6 Å². The van der Waals surface area contributed by atoms with Crippen molar-refractivity contribution in [2.75, 3.05) is 14.2 Å². The molecule has 0 heterocycles. The number of halogens is 1. The zero-order valence-corrected chi connectivity index (χ0v) is 22.5. The summed E-state index contributed by atoms with van der Waals surface area (Å²) in [5, 5.41) is 15.2. The molecule has 2 atom stereocenters. The number of aryl methyl sites for hydroxylation is 1. The number of carboxylic acid groups (broad SMARTS) is 1. The standard InChI is InChI=1S/C31H33NO4.ClH/c1-20(22-9-7-10-27(18-22)35-3)32-21(2)26-17-23-8-5-6-11-28(23)29(19-26)24-12-14-30(36-4)25(16-24)13-15-31(33)34;/h5-12,14,16-21,32H,13,15H2,1-4H3,(H,33,34);1H/t20-,21?;/m1./s1. The monoisotopic (exact) mass is 519 g/mol. The zero-order valence-electron chi connectivity index (χ0n) is 21.7. The molecule has 0 aliphatic heterocycles. The second-order valence-electron chi connectivity index (χ2n) is 9.10. The lowest BCUT2D eigenvalue weighted by Gasteiger charge is -2.23. The van der Waals surface area contributed by atoms with Gasteiger partial charge in [-0.2, -0.15) is 0 Å². The third-order valence-electron chi connectivity index (χ3n) is 6.68. The highest BCUT2D eigenvalue weighted by Gasteiger charge is 2.16. The van der Waals surface area contributed by atoms with Crippen LogP contribution in [0, 0.1) is 0 Å². The normalized spacial score (nSPS) is 12.4. The molecule has 0 aromatic heterocycles. The van der Waals surface area contributed by atoms with Gasteiger partial charge in [-0.15, -0.1) is 12.4 Å². The summed E-state index contributed by atoms with van der Waals surface area (Å²) >= 11 is 0. The van der Waals surface area contributed by atoms with Gasteiger partial charge < -0.3 is 19.9 Å². The second kappa shape index (κ2) is 12.6. The summed E-state index contributed by atoms with van der Waals surface area (Å²) in [6, 6.07) is 27.2. The quantitative estimate of drug-likeness (QED) is 0.229. The van der Waals surface area contributed by atoms with Crippen LogP contribution in [0.25, 0.3) is 21.9 Å². The zero-order chi connectivity index (χ0) is 25.7. The number of methoxy groups -OCH3 is 2. The molecule has 2 N–H and O–H groups in total. The van der Waals surface area contributed by atoms with Crippen molar-refractivity contribution in [3.8, 4) is 22.6 Å². The van der Waals surface area contributed by atoms with E-state index in [-0.39, 0.29) is 30.9 Å². The maximum Gasteiger partial charge on any atom is 0.303 e. The molecule has 194 valence electrons. The van der Waals surface area contributed by atoms with Gasteiger partial charge in [-0.3, -0.25) is 4.79 Å². The van der Waals surface area contributed by atoms with E-state index in [4.69, 9.17) is 9.47 Å². The van der Waals surface area contributed by atoms with Gasteiger partial charge in [0.2, 0.25) is 0 Å². The molecule has 1 unspecified atom stereocenters. The van der Waals surface area contributed by atoms with Gasteiger partial charge in [-0.25, -0.2) is 0 Å². The SMILES string of the molecule is COc1cccc([C@@H](C)NC(C)c2cc(-c3ccc(OC)c(CCC(=O)O)c3)c3ccccc3c2)c1.Cl. The van der Waals surface area contributed by atoms with Gasteiger partial charge in [-0.05, 0) is 95.3 Å². The molecule has 0 aliphatic carbocycles. The first-order valence-electron chi connectivity index (χ1n) is 12.2. The van der Waals surface area contributed by atoms with E-state index in [0.717, 1.165) is 33.2 Å². The highest BCUT2D eigenvalue weighted by Crippen LogP contribution is 2.35. The molecule has 0 spiro atoms. The Morgan fingerprint density at radius 3 is 2.35 bits per heavy atom. The predicted molar refractivity (Wildman–Crippen MR) is 152 cm³/mol. The average Bonchev–Trinajstić information content (AvgIpc) is 2.91. The minimum Gasteiger partial charge on any atom is -0.497 e. The molecule has 4 rings (SSSR count). The fraction of sp³-hybridized carbons (Fsp3) is 0.258. The van der Waals surface area contributed by atoms with Crippen molar-refractivity contribution < 1.29 is 19.4 Å². The molecule has 0 fully saturated rings. The number of fused-ring (bicyclic) bond motifs is 1. The summed E-state index contributed by atoms with van der Waals surface area (Å²) < 4.78 is 10.9. The number of nitrogens with one attached hydrogen (secondary N) is 1. The first-order chi connectivity index (χ1) is 17.4. The highest BCUT2D eigenvalue weighted by molar-refractivity contribution is 5.97. The summed E-state index contributed by atoms with van der Waals surface area (Å²) in [4.78, 5) is 11.2. The molecule has 0 saturated carbocycles. The maximum atomic E-state index is 11.2. The van der Waals surface area contributed by atoms with Crippen molar-refractivity contribution in [1.82, 2.24) is 5.32 Å². The number of carboxylic acids is 1. The molecule has 0 radical (unpaired) electrons. The Morgan fingerprint density at radius 2 is 1.62 bits per heavy atom. The molecular weight excluding hydrogens is 486 g/mol. The molecule has 5 nitrogen and oxygen atoms in total. The van der Waals surface area contributed by atoms with Gasteiger partial charge in [0.1, 0.15) is 11.5 Å². The Hall–Kier alpha value is -3.54. The first kappa shape index (κ1) is 28.0. The number of carbonyl (C=O) groups is 1. The molecule has 0 bridgehead atoms. The van der Waals surface area contributed by atoms with E-state index in [0.29, 0.717) is 12.2 Å². The third kappa shape index (κ3) is 6.62. The molecular formula is C31H34ClNO4. The average molecular weight is 520 g/mol. The van der Waals surface area contributed by atoms with Crippen LogP contribution in [-0.2, 0) is 11.2 Å². The van der Waals surface area contributed by atoms with E-state index in [1.165, 1.54) is 11.1 Å². The number of benzene rings is 4. The molecule has 37 heavy (non-hydrogen) atoms. The van der Waals surface area contributed by atoms with Gasteiger partial charge in [0.25, 0.3) is 0 Å². The summed E-state index contributed by atoms with van der Waals surface area (Å²) in [5.74, 6) is 0.738. The first-order valence-corrected chi connectivity index (χ1v) is 12.2. The highest BCUT2D eigenvalue weighted by atomic mass is 35.5. The van der Waals surface area contributed by atoms with Crippen LogP contribution >= 0.6 is 12.4 Å². The summed E-state index contributed by atoms with van der Waals surface area (Å²) in [6.45, 7) is 4.34. The van der Waals surface area contributed by atoms with Crippen LogP contribution in [0.2, 0.25) is 0 Å². The number of hydrogen-bond donors (Lipinski definition) is 2. The lowest BCUT2D eigenvalue weighted by atomic mass is 9.91. The van der Waals surface area contributed by atoms with Crippen molar-refractivity contribution in [2.24, 2.45) is 0 Å². The van der Waals surface area contributed by atoms with Gasteiger partial charge >= 0.3 is 5.97 Å². The van der Waals surface area contributed by atoms with Crippen LogP contribution in [0.15, 0.2) is 78.9 Å². The molecule has 4 aromatic rings. The van der Waals surface area contributed by atoms with E-state index >= 15 is 0 Å². The molecule has 6 heteroatoms.